The number of fused-ring (bicyclic) bond motifs is 3. The third-order valence-corrected chi connectivity index (χ3v) is 3.85. The first kappa shape index (κ1) is 10.3. The van der Waals surface area contributed by atoms with Crippen LogP contribution in [0.3, 0.4) is 0 Å². The largest absolute Gasteiger partial charge is 0.349 e. The fourth-order valence-electron chi connectivity index (χ4n) is 2.50. The molecule has 2 aromatic rings. The van der Waals surface area contributed by atoms with E-state index in [1.54, 1.807) is 6.20 Å². The number of nitrogens with zero attached hydrogens (tertiary/aromatic N) is 3. The van der Waals surface area contributed by atoms with Crippen molar-refractivity contribution in [2.24, 2.45) is 5.41 Å². The minimum absolute atomic E-state index is 0.0159. The summed E-state index contributed by atoms with van der Waals surface area (Å²) in [5, 5.41) is 5.89. The molecule has 0 radical (unpaired) electrons. The Hall–Kier alpha value is -0.850. The number of rotatable bonds is 0. The second kappa shape index (κ2) is 3.09. The number of hydrogen-bond acceptors (Lipinski definition) is 2. The number of hydrogen-bond donors (Lipinski definition) is 0. The van der Waals surface area contributed by atoms with Crippen molar-refractivity contribution >= 4 is 33.6 Å². The maximum absolute atomic E-state index is 11.9. The van der Waals surface area contributed by atoms with Crippen LogP contribution in [0.15, 0.2) is 17.2 Å². The van der Waals surface area contributed by atoms with Crippen molar-refractivity contribution in [3.05, 3.63) is 28.4 Å². The topological polar surface area (TPSA) is 39.8 Å². The van der Waals surface area contributed by atoms with Crippen LogP contribution in [-0.4, -0.2) is 12.6 Å². The zero-order valence-corrected chi connectivity index (χ0v) is 11.4. The van der Waals surface area contributed by atoms with Gasteiger partial charge in [0.2, 0.25) is 0 Å². The van der Waals surface area contributed by atoms with E-state index in [9.17, 15) is 4.79 Å². The summed E-state index contributed by atoms with van der Waals surface area (Å²) in [5.74, 6) is 0. The number of aromatic nitrogens is 3. The second-order valence-electron chi connectivity index (χ2n) is 5.18. The Labute approximate surface area is 107 Å². The summed E-state index contributed by atoms with van der Waals surface area (Å²) in [5.41, 5.74) is 1.53. The van der Waals surface area contributed by atoms with Gasteiger partial charge in [0.15, 0.2) is 0 Å². The van der Waals surface area contributed by atoms with E-state index < -0.39 is 0 Å². The van der Waals surface area contributed by atoms with Crippen molar-refractivity contribution in [1.29, 1.82) is 0 Å². The molecule has 0 saturated heterocycles. The van der Waals surface area contributed by atoms with Gasteiger partial charge in [-0.3, -0.25) is 4.79 Å². The quantitative estimate of drug-likeness (QED) is 0.694. The van der Waals surface area contributed by atoms with Gasteiger partial charge in [0.1, 0.15) is 0 Å². The molecule has 84 valence electrons. The van der Waals surface area contributed by atoms with Gasteiger partial charge in [0.05, 0.1) is 34.4 Å². The van der Waals surface area contributed by atoms with E-state index in [1.165, 1.54) is 8.59 Å². The smallest absolute Gasteiger partial charge is 0.285 e. The average Bonchev–Trinajstić information content (AvgIpc) is 2.64. The SMILES string of the molecule is CC1(C)Cc2c3cnn(I)c(=O)c3cn2C1. The molecular weight excluding hydrogens is 317 g/mol. The van der Waals surface area contributed by atoms with Gasteiger partial charge in [-0.05, 0) is 11.8 Å². The Bertz CT molecular complexity index is 638. The van der Waals surface area contributed by atoms with E-state index in [0.717, 1.165) is 23.7 Å². The van der Waals surface area contributed by atoms with Crippen LogP contribution in [0.1, 0.15) is 19.5 Å². The molecule has 0 spiro atoms. The lowest BCUT2D eigenvalue weighted by molar-refractivity contribution is 0.359. The van der Waals surface area contributed by atoms with Crippen LogP contribution < -0.4 is 5.56 Å². The predicted octanol–water partition coefficient (Wildman–Crippen LogP) is 1.98. The first-order chi connectivity index (χ1) is 7.48. The third-order valence-electron chi connectivity index (χ3n) is 3.16. The maximum atomic E-state index is 11.9. The highest BCUT2D eigenvalue weighted by molar-refractivity contribution is 14.1. The van der Waals surface area contributed by atoms with E-state index in [2.05, 4.69) is 23.5 Å². The monoisotopic (exact) mass is 329 g/mol. The molecule has 0 aliphatic carbocycles. The molecule has 0 unspecified atom stereocenters. The predicted molar refractivity (Wildman–Crippen MR) is 70.9 cm³/mol. The van der Waals surface area contributed by atoms with Gasteiger partial charge >= 0.3 is 0 Å². The van der Waals surface area contributed by atoms with Crippen LogP contribution in [0.25, 0.3) is 10.8 Å². The van der Waals surface area contributed by atoms with Crippen molar-refractivity contribution in [2.75, 3.05) is 0 Å². The first-order valence-electron chi connectivity index (χ1n) is 5.24. The summed E-state index contributed by atoms with van der Waals surface area (Å²) in [7, 11) is 0. The Morgan fingerprint density at radius 1 is 1.44 bits per heavy atom. The first-order valence-corrected chi connectivity index (χ1v) is 6.21. The van der Waals surface area contributed by atoms with Crippen LogP contribution in [0, 0.1) is 5.41 Å². The Kier molecular flexibility index (Phi) is 1.99. The van der Waals surface area contributed by atoms with E-state index in [0.29, 0.717) is 5.41 Å². The van der Waals surface area contributed by atoms with Gasteiger partial charge in [-0.1, -0.05) is 13.8 Å². The summed E-state index contributed by atoms with van der Waals surface area (Å²) in [6.45, 7) is 5.48. The van der Waals surface area contributed by atoms with Crippen LogP contribution in [0.4, 0.5) is 0 Å². The lowest BCUT2D eigenvalue weighted by Gasteiger charge is -2.14. The van der Waals surface area contributed by atoms with Crippen LogP contribution in [0.5, 0.6) is 0 Å². The molecule has 4 nitrogen and oxygen atoms in total. The Morgan fingerprint density at radius 3 is 2.94 bits per heavy atom. The summed E-state index contributed by atoms with van der Waals surface area (Å²) < 4.78 is 3.56. The highest BCUT2D eigenvalue weighted by Gasteiger charge is 2.30. The van der Waals surface area contributed by atoms with E-state index in [-0.39, 0.29) is 5.56 Å². The molecule has 3 heterocycles. The molecule has 5 heteroatoms. The summed E-state index contributed by atoms with van der Waals surface area (Å²) in [6.07, 6.45) is 4.79. The minimum atomic E-state index is -0.0159. The lowest BCUT2D eigenvalue weighted by atomic mass is 9.90. The van der Waals surface area contributed by atoms with Crippen molar-refractivity contribution in [3.63, 3.8) is 0 Å². The molecule has 1 aliphatic rings. The molecule has 0 atom stereocenters. The van der Waals surface area contributed by atoms with E-state index in [1.807, 2.05) is 29.1 Å². The molecule has 0 fully saturated rings. The van der Waals surface area contributed by atoms with Gasteiger partial charge in [0.25, 0.3) is 5.56 Å². The maximum Gasteiger partial charge on any atom is 0.285 e. The van der Waals surface area contributed by atoms with Gasteiger partial charge in [-0.25, -0.2) is 0 Å². The Balaban J connectivity index is 2.33. The van der Waals surface area contributed by atoms with E-state index in [4.69, 9.17) is 0 Å². The number of halogens is 1. The Morgan fingerprint density at radius 2 is 2.19 bits per heavy atom. The van der Waals surface area contributed by atoms with Crippen LogP contribution in [-0.2, 0) is 13.0 Å². The van der Waals surface area contributed by atoms with Gasteiger partial charge in [-0.2, -0.15) is 7.99 Å². The molecule has 2 aromatic heterocycles. The molecule has 0 amide bonds. The molecule has 0 N–H and O–H groups in total. The minimum Gasteiger partial charge on any atom is -0.349 e. The molecule has 0 bridgehead atoms. The average molecular weight is 329 g/mol. The third kappa shape index (κ3) is 1.33. The summed E-state index contributed by atoms with van der Waals surface area (Å²) in [6, 6.07) is 0. The van der Waals surface area contributed by atoms with Crippen LogP contribution in [0.2, 0.25) is 0 Å². The highest BCUT2D eigenvalue weighted by atomic mass is 127. The molecule has 16 heavy (non-hydrogen) atoms. The zero-order chi connectivity index (χ0) is 11.5. The zero-order valence-electron chi connectivity index (χ0n) is 9.20. The van der Waals surface area contributed by atoms with Gasteiger partial charge < -0.3 is 4.57 Å². The standard InChI is InChI=1S/C11H12IN3O/c1-11(2)3-9-7-4-13-15(12)10(16)8(7)5-14(9)6-11/h4-5H,3,6H2,1-2H3. The lowest BCUT2D eigenvalue weighted by Crippen LogP contribution is -2.15. The van der Waals surface area contributed by atoms with Gasteiger partial charge in [-0.15, -0.1) is 0 Å². The van der Waals surface area contributed by atoms with Crippen molar-refractivity contribution in [2.45, 2.75) is 26.8 Å². The van der Waals surface area contributed by atoms with E-state index >= 15 is 0 Å². The van der Waals surface area contributed by atoms with Crippen LogP contribution >= 0.6 is 22.9 Å². The summed E-state index contributed by atoms with van der Waals surface area (Å²) in [4.78, 5) is 11.9. The summed E-state index contributed by atoms with van der Waals surface area (Å²) >= 11 is 1.91. The molecule has 3 rings (SSSR count). The van der Waals surface area contributed by atoms with Gasteiger partial charge in [0, 0.05) is 23.8 Å². The fraction of sp³-hybridized carbons (Fsp3) is 0.455. The highest BCUT2D eigenvalue weighted by Crippen LogP contribution is 2.35. The van der Waals surface area contributed by atoms with Crippen molar-refractivity contribution < 1.29 is 0 Å². The normalized spacial score (nSPS) is 17.9. The fourth-order valence-corrected chi connectivity index (χ4v) is 2.88. The molecule has 0 saturated carbocycles. The molecule has 0 aromatic carbocycles. The van der Waals surface area contributed by atoms with Crippen molar-refractivity contribution in [1.82, 2.24) is 12.6 Å². The van der Waals surface area contributed by atoms with Crippen molar-refractivity contribution in [3.8, 4) is 0 Å². The molecular formula is C11H12IN3O. The molecule has 1 aliphatic heterocycles. The second-order valence-corrected chi connectivity index (χ2v) is 6.10.